The third-order valence-electron chi connectivity index (χ3n) is 2.15. The lowest BCUT2D eigenvalue weighted by atomic mass is 10.2. The van der Waals surface area contributed by atoms with Gasteiger partial charge in [0.15, 0.2) is 0 Å². The average Bonchev–Trinajstić information content (AvgIpc) is 2.70. The van der Waals surface area contributed by atoms with Crippen molar-refractivity contribution in [2.75, 3.05) is 0 Å². The van der Waals surface area contributed by atoms with E-state index >= 15 is 0 Å². The fourth-order valence-electron chi connectivity index (χ4n) is 1.49. The van der Waals surface area contributed by atoms with E-state index in [-0.39, 0.29) is 0 Å². The molecule has 2 rings (SSSR count). The summed E-state index contributed by atoms with van der Waals surface area (Å²) in [5.74, 6) is 0. The molecule has 0 fully saturated rings. The molecule has 1 aromatic carbocycles. The Hall–Kier alpha value is -1.34. The van der Waals surface area contributed by atoms with Gasteiger partial charge in [-0.3, -0.25) is 0 Å². The monoisotopic (exact) mass is 183 g/mol. The minimum absolute atomic E-state index is 0.564. The summed E-state index contributed by atoms with van der Waals surface area (Å²) >= 11 is 0. The largest absolute Gasteiger partial charge is 0.140 e. The molecule has 0 nitrogen and oxygen atoms in total. The third-order valence-corrected chi connectivity index (χ3v) is 4.33. The zero-order valence-electron chi connectivity index (χ0n) is 7.40. The van der Waals surface area contributed by atoms with Gasteiger partial charge in [-0.2, -0.15) is 0 Å². The van der Waals surface area contributed by atoms with Crippen molar-refractivity contribution in [3.05, 3.63) is 60.0 Å². The molecular weight excluding hydrogens is 172 g/mol. The van der Waals surface area contributed by atoms with Crippen LogP contribution >= 0.6 is 0 Å². The minimum Gasteiger partial charge on any atom is -0.0985 e. The number of rotatable bonds is 2. The van der Waals surface area contributed by atoms with E-state index in [9.17, 15) is 0 Å². The Balaban J connectivity index is 2.43. The van der Waals surface area contributed by atoms with E-state index in [4.69, 9.17) is 0 Å². The Morgan fingerprint density at radius 3 is 2.46 bits per heavy atom. The Kier molecular flexibility index (Phi) is 2.28. The molecule has 63 valence electrons. The molecule has 1 aliphatic rings. The molecule has 0 spiro atoms. The van der Waals surface area contributed by atoms with Crippen LogP contribution in [0.4, 0.5) is 0 Å². The van der Waals surface area contributed by atoms with Crippen LogP contribution in [0.5, 0.6) is 0 Å². The van der Waals surface area contributed by atoms with Gasteiger partial charge in [-0.15, -0.1) is 0 Å². The second-order valence-corrected chi connectivity index (χ2v) is 5.08. The van der Waals surface area contributed by atoms with Gasteiger partial charge >= 0.3 is 0 Å². The lowest BCUT2D eigenvalue weighted by Crippen LogP contribution is -2.27. The predicted octanol–water partition coefficient (Wildman–Crippen LogP) is 2.24. The molecule has 0 saturated heterocycles. The van der Waals surface area contributed by atoms with E-state index in [0.717, 1.165) is 0 Å². The predicted molar refractivity (Wildman–Crippen MR) is 60.2 cm³/mol. The fourth-order valence-corrected chi connectivity index (χ4v) is 3.41. The number of hydrogen-bond acceptors (Lipinski definition) is 0. The van der Waals surface area contributed by atoms with Crippen LogP contribution in [-0.4, -0.2) is 8.80 Å². The normalized spacial score (nSPS) is 15.1. The smallest absolute Gasteiger partial charge is 0.0985 e. The van der Waals surface area contributed by atoms with Crippen molar-refractivity contribution in [3.8, 4) is 0 Å². The van der Waals surface area contributed by atoms with Gasteiger partial charge in [0.25, 0.3) is 0 Å². The Bertz CT molecular complexity index is 362. The maximum atomic E-state index is 3.83. The highest BCUT2D eigenvalue weighted by Gasteiger charge is 2.11. The summed E-state index contributed by atoms with van der Waals surface area (Å²) in [6, 6.07) is 8.48. The molecule has 1 heteroatoms. The molecule has 0 unspecified atom stereocenters. The molecule has 0 saturated carbocycles. The third kappa shape index (κ3) is 1.56. The maximum Gasteiger partial charge on any atom is 0.140 e. The summed E-state index contributed by atoms with van der Waals surface area (Å²) in [5, 5.41) is 1.44. The van der Waals surface area contributed by atoms with Crippen LogP contribution in [0.1, 0.15) is 5.56 Å². The van der Waals surface area contributed by atoms with Crippen LogP contribution < -0.4 is 5.19 Å². The van der Waals surface area contributed by atoms with Gasteiger partial charge in [-0.25, -0.2) is 0 Å². The summed E-state index contributed by atoms with van der Waals surface area (Å²) in [5.41, 5.74) is 5.87. The molecule has 0 N–H and O–H groups in total. The summed E-state index contributed by atoms with van der Waals surface area (Å²) in [7, 11) is -0.564. The quantitative estimate of drug-likeness (QED) is 0.617. The van der Waals surface area contributed by atoms with Crippen molar-refractivity contribution < 1.29 is 0 Å². The molecule has 0 bridgehead atoms. The van der Waals surface area contributed by atoms with Gasteiger partial charge in [-0.1, -0.05) is 60.5 Å². The standard InChI is InChI=1S/C12H11Si/c1-2-11-7-3-4-8-12(11)13-9-5-6-10-13/h2-10H,1H2. The zero-order valence-corrected chi connectivity index (χ0v) is 8.40. The SMILES string of the molecule is C=Cc1ccccc1[Si]1C=CC=C1. The lowest BCUT2D eigenvalue weighted by Gasteiger charge is -2.07. The van der Waals surface area contributed by atoms with E-state index in [0.29, 0.717) is 0 Å². The van der Waals surface area contributed by atoms with Crippen LogP contribution in [-0.2, 0) is 0 Å². The highest BCUT2D eigenvalue weighted by atomic mass is 28.3. The Morgan fingerprint density at radius 2 is 1.77 bits per heavy atom. The van der Waals surface area contributed by atoms with Gasteiger partial charge < -0.3 is 0 Å². The van der Waals surface area contributed by atoms with E-state index in [1.165, 1.54) is 10.8 Å². The first-order valence-electron chi connectivity index (χ1n) is 4.35. The van der Waals surface area contributed by atoms with Crippen molar-refractivity contribution in [2.24, 2.45) is 0 Å². The number of benzene rings is 1. The summed E-state index contributed by atoms with van der Waals surface area (Å²) in [6.45, 7) is 3.83. The first-order valence-corrected chi connectivity index (χ1v) is 6.01. The lowest BCUT2D eigenvalue weighted by molar-refractivity contribution is 1.71. The Morgan fingerprint density at radius 1 is 1.08 bits per heavy atom. The second-order valence-electron chi connectivity index (χ2n) is 2.96. The first kappa shape index (κ1) is 8.26. The van der Waals surface area contributed by atoms with Crippen molar-refractivity contribution in [1.29, 1.82) is 0 Å². The van der Waals surface area contributed by atoms with Gasteiger partial charge in [0, 0.05) is 0 Å². The summed E-state index contributed by atoms with van der Waals surface area (Å²) in [6.07, 6.45) is 6.20. The molecule has 1 aromatic rings. The molecule has 1 aliphatic heterocycles. The van der Waals surface area contributed by atoms with Crippen LogP contribution in [0.3, 0.4) is 0 Å². The average molecular weight is 183 g/mol. The van der Waals surface area contributed by atoms with E-state index in [1.54, 1.807) is 0 Å². The van der Waals surface area contributed by atoms with E-state index in [1.807, 2.05) is 6.08 Å². The van der Waals surface area contributed by atoms with Crippen LogP contribution in [0.15, 0.2) is 54.4 Å². The van der Waals surface area contributed by atoms with Crippen molar-refractivity contribution in [3.63, 3.8) is 0 Å². The molecule has 0 amide bonds. The van der Waals surface area contributed by atoms with Crippen LogP contribution in [0.25, 0.3) is 6.08 Å². The molecular formula is C12H11Si. The number of allylic oxidation sites excluding steroid dienone is 2. The maximum absolute atomic E-state index is 3.83. The molecule has 1 heterocycles. The first-order chi connectivity index (χ1) is 6.42. The highest BCUT2D eigenvalue weighted by molar-refractivity contribution is 6.83. The van der Waals surface area contributed by atoms with Gasteiger partial charge in [0.05, 0.1) is 0 Å². The van der Waals surface area contributed by atoms with Gasteiger partial charge in [-0.05, 0) is 10.8 Å². The van der Waals surface area contributed by atoms with Gasteiger partial charge in [0.1, 0.15) is 8.80 Å². The summed E-state index contributed by atoms with van der Waals surface area (Å²) in [4.78, 5) is 0. The van der Waals surface area contributed by atoms with E-state index in [2.05, 4.69) is 54.4 Å². The van der Waals surface area contributed by atoms with Crippen molar-refractivity contribution >= 4 is 20.1 Å². The molecule has 0 aliphatic carbocycles. The fraction of sp³-hybridized carbons (Fsp3) is 0. The zero-order chi connectivity index (χ0) is 9.10. The van der Waals surface area contributed by atoms with E-state index < -0.39 is 8.80 Å². The topological polar surface area (TPSA) is 0 Å². The molecule has 13 heavy (non-hydrogen) atoms. The molecule has 1 radical (unpaired) electrons. The molecule has 0 atom stereocenters. The minimum atomic E-state index is -0.564. The van der Waals surface area contributed by atoms with Crippen molar-refractivity contribution in [2.45, 2.75) is 0 Å². The van der Waals surface area contributed by atoms with Gasteiger partial charge in [0.2, 0.25) is 0 Å². The molecule has 0 aromatic heterocycles. The van der Waals surface area contributed by atoms with Crippen LogP contribution in [0.2, 0.25) is 0 Å². The number of hydrogen-bond donors (Lipinski definition) is 0. The Labute approximate surface area is 80.5 Å². The van der Waals surface area contributed by atoms with Crippen molar-refractivity contribution in [1.82, 2.24) is 0 Å². The summed E-state index contributed by atoms with van der Waals surface area (Å²) < 4.78 is 0. The second kappa shape index (κ2) is 3.58. The van der Waals surface area contributed by atoms with Crippen LogP contribution in [0, 0.1) is 0 Å². The highest BCUT2D eigenvalue weighted by Crippen LogP contribution is 2.05.